The third kappa shape index (κ3) is 2.87. The molecule has 2 aliphatic rings. The molecule has 0 aromatic heterocycles. The minimum Gasteiger partial charge on any atom is -0.491 e. The molecule has 1 aromatic carbocycles. The Balaban J connectivity index is 1.76. The predicted molar refractivity (Wildman–Crippen MR) is 85.2 cm³/mol. The summed E-state index contributed by atoms with van der Waals surface area (Å²) in [6, 6.07) is 6.83. The van der Waals surface area contributed by atoms with Crippen molar-refractivity contribution in [1.82, 2.24) is 4.31 Å². The molecule has 1 saturated heterocycles. The summed E-state index contributed by atoms with van der Waals surface area (Å²) in [5, 5.41) is 0. The topological polar surface area (TPSA) is 72.6 Å². The van der Waals surface area contributed by atoms with Gasteiger partial charge in [0.1, 0.15) is 5.75 Å². The van der Waals surface area contributed by atoms with Crippen LogP contribution in [-0.2, 0) is 10.0 Å². The molecule has 122 valence electrons. The van der Waals surface area contributed by atoms with Gasteiger partial charge in [0.2, 0.25) is 10.0 Å². The van der Waals surface area contributed by atoms with Crippen LogP contribution in [0.1, 0.15) is 26.7 Å². The van der Waals surface area contributed by atoms with E-state index in [-0.39, 0.29) is 12.1 Å². The van der Waals surface area contributed by atoms with Crippen LogP contribution in [0.25, 0.3) is 0 Å². The Morgan fingerprint density at radius 1 is 1.18 bits per heavy atom. The van der Waals surface area contributed by atoms with E-state index >= 15 is 0 Å². The van der Waals surface area contributed by atoms with Gasteiger partial charge < -0.3 is 10.5 Å². The Kier molecular flexibility index (Phi) is 4.18. The summed E-state index contributed by atoms with van der Waals surface area (Å²) >= 11 is 0. The van der Waals surface area contributed by atoms with Gasteiger partial charge in [-0.3, -0.25) is 0 Å². The van der Waals surface area contributed by atoms with E-state index in [0.29, 0.717) is 35.6 Å². The molecule has 3 rings (SSSR count). The van der Waals surface area contributed by atoms with Gasteiger partial charge in [0.25, 0.3) is 0 Å². The first kappa shape index (κ1) is 15.8. The van der Waals surface area contributed by atoms with Crippen LogP contribution in [0.5, 0.6) is 5.75 Å². The summed E-state index contributed by atoms with van der Waals surface area (Å²) in [6.45, 7) is 5.04. The van der Waals surface area contributed by atoms with Gasteiger partial charge in [-0.1, -0.05) is 0 Å². The first-order valence-corrected chi connectivity index (χ1v) is 9.34. The fraction of sp³-hybridized carbons (Fsp3) is 0.625. The summed E-state index contributed by atoms with van der Waals surface area (Å²) in [6.07, 6.45) is 2.13. The Hall–Kier alpha value is -1.11. The van der Waals surface area contributed by atoms with Gasteiger partial charge in [-0.25, -0.2) is 8.42 Å². The molecule has 0 amide bonds. The summed E-state index contributed by atoms with van der Waals surface area (Å²) in [5.74, 6) is 1.43. The highest BCUT2D eigenvalue weighted by molar-refractivity contribution is 7.89. The third-order valence-corrected chi connectivity index (χ3v) is 6.56. The molecule has 3 unspecified atom stereocenters. The van der Waals surface area contributed by atoms with E-state index in [1.165, 1.54) is 0 Å². The van der Waals surface area contributed by atoms with Crippen molar-refractivity contribution in [1.29, 1.82) is 0 Å². The summed E-state index contributed by atoms with van der Waals surface area (Å²) in [5.41, 5.74) is 6.09. The van der Waals surface area contributed by atoms with Gasteiger partial charge in [-0.15, -0.1) is 0 Å². The summed E-state index contributed by atoms with van der Waals surface area (Å²) < 4.78 is 32.7. The summed E-state index contributed by atoms with van der Waals surface area (Å²) in [4.78, 5) is 0.331. The zero-order chi connectivity index (χ0) is 15.9. The van der Waals surface area contributed by atoms with Crippen molar-refractivity contribution in [3.05, 3.63) is 24.3 Å². The largest absolute Gasteiger partial charge is 0.491 e. The lowest BCUT2D eigenvalue weighted by Gasteiger charge is -2.19. The van der Waals surface area contributed by atoms with E-state index in [1.807, 2.05) is 13.8 Å². The molecule has 6 heteroatoms. The summed E-state index contributed by atoms with van der Waals surface area (Å²) in [7, 11) is -3.43. The van der Waals surface area contributed by atoms with Crippen molar-refractivity contribution in [2.24, 2.45) is 17.6 Å². The standard InChI is InChI=1S/C16H24N2O3S/c1-11(2)21-13-4-6-14(7-5-13)22(19,20)18-9-12-3-8-16(17)15(12)10-18/h4-7,11-12,15-16H,3,8-10,17H2,1-2H3. The highest BCUT2D eigenvalue weighted by Gasteiger charge is 2.44. The number of hydrogen-bond acceptors (Lipinski definition) is 4. The zero-order valence-corrected chi connectivity index (χ0v) is 13.9. The fourth-order valence-corrected chi connectivity index (χ4v) is 5.11. The van der Waals surface area contributed by atoms with Gasteiger partial charge in [0.15, 0.2) is 0 Å². The van der Waals surface area contributed by atoms with E-state index in [0.717, 1.165) is 12.8 Å². The van der Waals surface area contributed by atoms with Crippen molar-refractivity contribution in [3.63, 3.8) is 0 Å². The third-order valence-electron chi connectivity index (χ3n) is 4.71. The van der Waals surface area contributed by atoms with Crippen molar-refractivity contribution in [2.45, 2.75) is 43.7 Å². The molecule has 1 saturated carbocycles. The normalized spacial score (nSPS) is 29.0. The lowest BCUT2D eigenvalue weighted by atomic mass is 9.98. The first-order chi connectivity index (χ1) is 10.4. The number of nitrogens with two attached hydrogens (primary N) is 1. The van der Waals surface area contributed by atoms with Crippen LogP contribution in [0.2, 0.25) is 0 Å². The van der Waals surface area contributed by atoms with Gasteiger partial charge >= 0.3 is 0 Å². The number of nitrogens with zero attached hydrogens (tertiary/aromatic N) is 1. The van der Waals surface area contributed by atoms with Crippen molar-refractivity contribution in [2.75, 3.05) is 13.1 Å². The molecule has 1 heterocycles. The molecule has 1 aromatic rings. The van der Waals surface area contributed by atoms with Crippen LogP contribution in [-0.4, -0.2) is 38.0 Å². The lowest BCUT2D eigenvalue weighted by Crippen LogP contribution is -2.33. The number of ether oxygens (including phenoxy) is 1. The molecular formula is C16H24N2O3S. The Bertz CT molecular complexity index is 627. The van der Waals surface area contributed by atoms with E-state index < -0.39 is 10.0 Å². The highest BCUT2D eigenvalue weighted by atomic mass is 32.2. The molecule has 5 nitrogen and oxygen atoms in total. The van der Waals surface area contributed by atoms with E-state index in [9.17, 15) is 8.42 Å². The maximum Gasteiger partial charge on any atom is 0.243 e. The minimum atomic E-state index is -3.43. The van der Waals surface area contributed by atoms with Crippen LogP contribution in [0.3, 0.4) is 0 Å². The lowest BCUT2D eigenvalue weighted by molar-refractivity contribution is 0.242. The monoisotopic (exact) mass is 324 g/mol. The van der Waals surface area contributed by atoms with Gasteiger partial charge in [-0.2, -0.15) is 4.31 Å². The highest BCUT2D eigenvalue weighted by Crippen LogP contribution is 2.39. The quantitative estimate of drug-likeness (QED) is 0.917. The Labute approximate surface area is 132 Å². The second-order valence-electron chi connectivity index (χ2n) is 6.63. The van der Waals surface area contributed by atoms with Crippen molar-refractivity contribution >= 4 is 10.0 Å². The van der Waals surface area contributed by atoms with Gasteiger partial charge in [0.05, 0.1) is 11.0 Å². The fourth-order valence-electron chi connectivity index (χ4n) is 3.57. The number of sulfonamides is 1. The molecule has 3 atom stereocenters. The second kappa shape index (κ2) is 5.83. The van der Waals surface area contributed by atoms with Gasteiger partial charge in [0, 0.05) is 19.1 Å². The first-order valence-electron chi connectivity index (χ1n) is 7.90. The number of fused-ring (bicyclic) bond motifs is 1. The molecule has 0 radical (unpaired) electrons. The minimum absolute atomic E-state index is 0.0712. The van der Waals surface area contributed by atoms with Crippen LogP contribution in [0, 0.1) is 11.8 Å². The Morgan fingerprint density at radius 2 is 1.86 bits per heavy atom. The smallest absolute Gasteiger partial charge is 0.243 e. The molecule has 22 heavy (non-hydrogen) atoms. The Morgan fingerprint density at radius 3 is 2.45 bits per heavy atom. The van der Waals surface area contributed by atoms with E-state index in [4.69, 9.17) is 10.5 Å². The SMILES string of the molecule is CC(C)Oc1ccc(S(=O)(=O)N2CC3CCC(N)C3C2)cc1. The van der Waals surface area contributed by atoms with E-state index in [2.05, 4.69) is 0 Å². The molecule has 1 aliphatic heterocycles. The molecule has 2 N–H and O–H groups in total. The molecule has 0 bridgehead atoms. The molecule has 0 spiro atoms. The van der Waals surface area contributed by atoms with Crippen molar-refractivity contribution < 1.29 is 13.2 Å². The maximum atomic E-state index is 12.8. The van der Waals surface area contributed by atoms with Crippen LogP contribution < -0.4 is 10.5 Å². The maximum absolute atomic E-state index is 12.8. The van der Waals surface area contributed by atoms with Crippen LogP contribution in [0.15, 0.2) is 29.2 Å². The van der Waals surface area contributed by atoms with Gasteiger partial charge in [-0.05, 0) is 62.8 Å². The molecule has 2 fully saturated rings. The number of rotatable bonds is 4. The second-order valence-corrected chi connectivity index (χ2v) is 8.56. The van der Waals surface area contributed by atoms with Crippen LogP contribution in [0.4, 0.5) is 0 Å². The number of benzene rings is 1. The van der Waals surface area contributed by atoms with E-state index in [1.54, 1.807) is 28.6 Å². The average Bonchev–Trinajstić information content (AvgIpc) is 3.02. The molecule has 1 aliphatic carbocycles. The molecular weight excluding hydrogens is 300 g/mol. The van der Waals surface area contributed by atoms with Crippen molar-refractivity contribution in [3.8, 4) is 5.75 Å². The number of hydrogen-bond donors (Lipinski definition) is 1. The zero-order valence-electron chi connectivity index (χ0n) is 13.1. The average molecular weight is 324 g/mol. The van der Waals surface area contributed by atoms with Crippen LogP contribution >= 0.6 is 0 Å². The predicted octanol–water partition coefficient (Wildman–Crippen LogP) is 1.83.